The van der Waals surface area contributed by atoms with Crippen LogP contribution >= 0.6 is 0 Å². The minimum atomic E-state index is 0.781. The molecule has 3 nitrogen and oxygen atoms in total. The van der Waals surface area contributed by atoms with Crippen molar-refractivity contribution in [2.75, 3.05) is 27.9 Å². The first kappa shape index (κ1) is 12.8. The predicted octanol–water partition coefficient (Wildman–Crippen LogP) is 2.67. The lowest BCUT2D eigenvalue weighted by molar-refractivity contribution is 0.193. The lowest BCUT2D eigenvalue weighted by Crippen LogP contribution is -1.94. The van der Waals surface area contributed by atoms with Crippen LogP contribution in [-0.2, 0) is 11.2 Å². The molecule has 0 atom stereocenters. The van der Waals surface area contributed by atoms with Crippen molar-refractivity contribution in [2.24, 2.45) is 0 Å². The predicted molar refractivity (Wildman–Crippen MR) is 64.4 cm³/mol. The summed E-state index contributed by atoms with van der Waals surface area (Å²) in [6.07, 6.45) is 3.26. The molecule has 0 bridgehead atoms. The molecule has 3 heteroatoms. The van der Waals surface area contributed by atoms with Gasteiger partial charge in [0.05, 0.1) is 14.2 Å². The van der Waals surface area contributed by atoms with Crippen LogP contribution in [0.15, 0.2) is 18.2 Å². The Morgan fingerprint density at radius 2 is 1.69 bits per heavy atom. The largest absolute Gasteiger partial charge is 0.493 e. The average molecular weight is 224 g/mol. The molecule has 0 radical (unpaired) electrons. The summed E-state index contributed by atoms with van der Waals surface area (Å²) in [7, 11) is 5.04. The summed E-state index contributed by atoms with van der Waals surface area (Å²) >= 11 is 0. The molecule has 1 aromatic carbocycles. The molecule has 0 saturated carbocycles. The fourth-order valence-corrected chi connectivity index (χ4v) is 1.61. The monoisotopic (exact) mass is 224 g/mol. The van der Waals surface area contributed by atoms with Crippen LogP contribution in [0.1, 0.15) is 18.4 Å². The summed E-state index contributed by atoms with van der Waals surface area (Å²) in [5.41, 5.74) is 1.27. The van der Waals surface area contributed by atoms with Crippen molar-refractivity contribution >= 4 is 0 Å². The molecule has 90 valence electrons. The van der Waals surface area contributed by atoms with E-state index in [0.29, 0.717) is 0 Å². The Balaban J connectivity index is 2.54. The molecule has 0 aliphatic carbocycles. The molecule has 0 aliphatic rings. The first-order chi connectivity index (χ1) is 7.81. The minimum absolute atomic E-state index is 0.781. The highest BCUT2D eigenvalue weighted by atomic mass is 16.5. The number of hydrogen-bond acceptors (Lipinski definition) is 3. The Hall–Kier alpha value is -1.22. The van der Waals surface area contributed by atoms with Gasteiger partial charge in [-0.1, -0.05) is 6.07 Å². The Morgan fingerprint density at radius 1 is 0.938 bits per heavy atom. The SMILES string of the molecule is COCCCCc1ccc(OC)c(OC)c1. The normalized spacial score (nSPS) is 10.2. The second-order valence-corrected chi connectivity index (χ2v) is 3.64. The van der Waals surface area contributed by atoms with E-state index in [9.17, 15) is 0 Å². The molecular formula is C13H20O3. The smallest absolute Gasteiger partial charge is 0.160 e. The molecule has 0 unspecified atom stereocenters. The van der Waals surface area contributed by atoms with Crippen molar-refractivity contribution in [3.8, 4) is 11.5 Å². The van der Waals surface area contributed by atoms with Crippen LogP contribution in [0.2, 0.25) is 0 Å². The fourth-order valence-electron chi connectivity index (χ4n) is 1.61. The third-order valence-electron chi connectivity index (χ3n) is 2.51. The van der Waals surface area contributed by atoms with Gasteiger partial charge in [0.25, 0.3) is 0 Å². The maximum atomic E-state index is 5.25. The van der Waals surface area contributed by atoms with Crippen LogP contribution < -0.4 is 9.47 Å². The van der Waals surface area contributed by atoms with Crippen molar-refractivity contribution in [3.63, 3.8) is 0 Å². The molecule has 0 aromatic heterocycles. The quantitative estimate of drug-likeness (QED) is 0.666. The Morgan fingerprint density at radius 3 is 2.31 bits per heavy atom. The average Bonchev–Trinajstić information content (AvgIpc) is 2.34. The molecule has 0 saturated heterocycles. The maximum absolute atomic E-state index is 5.25. The summed E-state index contributed by atoms with van der Waals surface area (Å²) < 4.78 is 15.5. The zero-order chi connectivity index (χ0) is 11.8. The van der Waals surface area contributed by atoms with Crippen molar-refractivity contribution in [1.82, 2.24) is 0 Å². The summed E-state index contributed by atoms with van der Waals surface area (Å²) in [6, 6.07) is 6.06. The van der Waals surface area contributed by atoms with Crippen LogP contribution in [0.25, 0.3) is 0 Å². The number of ether oxygens (including phenoxy) is 3. The maximum Gasteiger partial charge on any atom is 0.160 e. The van der Waals surface area contributed by atoms with E-state index in [2.05, 4.69) is 6.07 Å². The van der Waals surface area contributed by atoms with Gasteiger partial charge in [0.1, 0.15) is 0 Å². The van der Waals surface area contributed by atoms with Gasteiger partial charge >= 0.3 is 0 Å². The van der Waals surface area contributed by atoms with Gasteiger partial charge in [-0.2, -0.15) is 0 Å². The molecule has 0 heterocycles. The number of unbranched alkanes of at least 4 members (excludes halogenated alkanes) is 1. The molecular weight excluding hydrogens is 204 g/mol. The Kier molecular flexibility index (Phi) is 5.72. The van der Waals surface area contributed by atoms with Gasteiger partial charge in [-0.05, 0) is 37.0 Å². The Bertz CT molecular complexity index is 310. The van der Waals surface area contributed by atoms with E-state index in [-0.39, 0.29) is 0 Å². The summed E-state index contributed by atoms with van der Waals surface area (Å²) in [5, 5.41) is 0. The summed E-state index contributed by atoms with van der Waals surface area (Å²) in [5.74, 6) is 1.58. The lowest BCUT2D eigenvalue weighted by atomic mass is 10.1. The summed E-state index contributed by atoms with van der Waals surface area (Å²) in [4.78, 5) is 0. The molecule has 0 aliphatic heterocycles. The van der Waals surface area contributed by atoms with Crippen LogP contribution in [0, 0.1) is 0 Å². The van der Waals surface area contributed by atoms with Crippen LogP contribution in [0.3, 0.4) is 0 Å². The van der Waals surface area contributed by atoms with Gasteiger partial charge in [0.15, 0.2) is 11.5 Å². The van der Waals surface area contributed by atoms with E-state index < -0.39 is 0 Å². The summed E-state index contributed by atoms with van der Waals surface area (Å²) in [6.45, 7) is 0.827. The topological polar surface area (TPSA) is 27.7 Å². The number of benzene rings is 1. The second kappa shape index (κ2) is 7.12. The van der Waals surface area contributed by atoms with Crippen molar-refractivity contribution in [1.29, 1.82) is 0 Å². The van der Waals surface area contributed by atoms with Crippen LogP contribution in [0.4, 0.5) is 0 Å². The standard InChI is InChI=1S/C13H20O3/c1-14-9-5-4-6-11-7-8-12(15-2)13(10-11)16-3/h7-8,10H,4-6,9H2,1-3H3. The third-order valence-corrected chi connectivity index (χ3v) is 2.51. The first-order valence-corrected chi connectivity index (χ1v) is 5.51. The number of methoxy groups -OCH3 is 3. The molecule has 0 N–H and O–H groups in total. The number of rotatable bonds is 7. The van der Waals surface area contributed by atoms with Crippen molar-refractivity contribution < 1.29 is 14.2 Å². The zero-order valence-corrected chi connectivity index (χ0v) is 10.3. The van der Waals surface area contributed by atoms with E-state index >= 15 is 0 Å². The van der Waals surface area contributed by atoms with Gasteiger partial charge in [-0.15, -0.1) is 0 Å². The molecule has 0 amide bonds. The van der Waals surface area contributed by atoms with Gasteiger partial charge in [0, 0.05) is 13.7 Å². The first-order valence-electron chi connectivity index (χ1n) is 5.51. The lowest BCUT2D eigenvalue weighted by Gasteiger charge is -2.09. The van der Waals surface area contributed by atoms with Crippen molar-refractivity contribution in [2.45, 2.75) is 19.3 Å². The van der Waals surface area contributed by atoms with Gasteiger partial charge in [-0.25, -0.2) is 0 Å². The third kappa shape index (κ3) is 3.74. The van der Waals surface area contributed by atoms with E-state index in [0.717, 1.165) is 37.4 Å². The highest BCUT2D eigenvalue weighted by Crippen LogP contribution is 2.27. The van der Waals surface area contributed by atoms with Crippen molar-refractivity contribution in [3.05, 3.63) is 23.8 Å². The van der Waals surface area contributed by atoms with E-state index in [1.807, 2.05) is 12.1 Å². The molecule has 16 heavy (non-hydrogen) atoms. The molecule has 0 fully saturated rings. The number of hydrogen-bond donors (Lipinski definition) is 0. The van der Waals surface area contributed by atoms with Crippen LogP contribution in [-0.4, -0.2) is 27.9 Å². The van der Waals surface area contributed by atoms with E-state index in [1.54, 1.807) is 21.3 Å². The van der Waals surface area contributed by atoms with E-state index in [4.69, 9.17) is 14.2 Å². The molecule has 0 spiro atoms. The van der Waals surface area contributed by atoms with Gasteiger partial charge in [0.2, 0.25) is 0 Å². The second-order valence-electron chi connectivity index (χ2n) is 3.64. The highest BCUT2D eigenvalue weighted by Gasteiger charge is 2.03. The number of aryl methyl sites for hydroxylation is 1. The Labute approximate surface area is 97.3 Å². The zero-order valence-electron chi connectivity index (χ0n) is 10.3. The van der Waals surface area contributed by atoms with Gasteiger partial charge < -0.3 is 14.2 Å². The van der Waals surface area contributed by atoms with Crippen LogP contribution in [0.5, 0.6) is 11.5 Å². The van der Waals surface area contributed by atoms with E-state index in [1.165, 1.54) is 5.56 Å². The van der Waals surface area contributed by atoms with Gasteiger partial charge in [-0.3, -0.25) is 0 Å². The molecule has 1 aromatic rings. The molecule has 1 rings (SSSR count). The highest BCUT2D eigenvalue weighted by molar-refractivity contribution is 5.42. The minimum Gasteiger partial charge on any atom is -0.493 e. The fraction of sp³-hybridized carbons (Fsp3) is 0.538.